The van der Waals surface area contributed by atoms with Gasteiger partial charge in [0.15, 0.2) is 0 Å². The number of likely N-dealkylation sites (N-methyl/N-ethyl adjacent to an activating group) is 1. The van der Waals surface area contributed by atoms with E-state index < -0.39 is 24.3 Å². The molecule has 0 unspecified atom stereocenters. The molecule has 1 saturated heterocycles. The lowest BCUT2D eigenvalue weighted by Gasteiger charge is -2.35. The number of urea groups is 1. The molecule has 0 spiro atoms. The molecule has 9 heteroatoms. The van der Waals surface area contributed by atoms with Crippen LogP contribution >= 0.6 is 0 Å². The van der Waals surface area contributed by atoms with Crippen LogP contribution in [0.4, 0.5) is 10.5 Å². The van der Waals surface area contributed by atoms with Gasteiger partial charge in [-0.05, 0) is 19.2 Å². The minimum Gasteiger partial charge on any atom is -0.497 e. The van der Waals surface area contributed by atoms with Crippen LogP contribution in [0.5, 0.6) is 5.75 Å². The van der Waals surface area contributed by atoms with Crippen molar-refractivity contribution >= 4 is 17.6 Å². The summed E-state index contributed by atoms with van der Waals surface area (Å²) in [6.45, 7) is 2.88. The number of aliphatic hydroxyl groups is 1. The van der Waals surface area contributed by atoms with Crippen molar-refractivity contribution in [3.8, 4) is 5.75 Å². The monoisotopic (exact) mass is 418 g/mol. The van der Waals surface area contributed by atoms with Crippen molar-refractivity contribution in [3.05, 3.63) is 36.4 Å². The number of hydrogen-bond donors (Lipinski definition) is 3. The minimum atomic E-state index is -0.628. The van der Waals surface area contributed by atoms with Crippen molar-refractivity contribution in [3.63, 3.8) is 0 Å². The third kappa shape index (κ3) is 5.94. The second-order valence-electron chi connectivity index (χ2n) is 7.52. The molecule has 2 aliphatic heterocycles. The van der Waals surface area contributed by atoms with Crippen molar-refractivity contribution in [1.29, 1.82) is 0 Å². The summed E-state index contributed by atoms with van der Waals surface area (Å²) in [6.07, 6.45) is 2.72. The molecule has 164 valence electrons. The normalized spacial score (nSPS) is 24.4. The second kappa shape index (κ2) is 10.4. The first-order valence-corrected chi connectivity index (χ1v) is 10.1. The number of aliphatic hydroxyl groups excluding tert-OH is 1. The molecule has 0 saturated carbocycles. The number of carbonyl (C=O) groups excluding carboxylic acids is 2. The minimum absolute atomic E-state index is 0.0385. The summed E-state index contributed by atoms with van der Waals surface area (Å²) >= 11 is 0. The molecule has 1 fully saturated rings. The summed E-state index contributed by atoms with van der Waals surface area (Å²) in [7, 11) is 3.60. The first-order valence-electron chi connectivity index (χ1n) is 10.1. The average Bonchev–Trinajstić information content (AvgIpc) is 2.75. The topological polar surface area (TPSA) is 103 Å². The van der Waals surface area contributed by atoms with Gasteiger partial charge in [0.1, 0.15) is 11.9 Å². The molecule has 0 bridgehead atoms. The Balaban J connectivity index is 1.52. The van der Waals surface area contributed by atoms with E-state index in [1.165, 1.54) is 0 Å². The molecule has 0 aromatic heterocycles. The average molecular weight is 418 g/mol. The molecule has 0 aliphatic carbocycles. The fraction of sp³-hybridized carbons (Fsp3) is 0.524. The van der Waals surface area contributed by atoms with Crippen LogP contribution in [-0.4, -0.2) is 92.0 Å². The number of benzene rings is 1. The number of anilines is 1. The maximum absolute atomic E-state index is 12.5. The van der Waals surface area contributed by atoms with E-state index in [2.05, 4.69) is 15.5 Å². The molecule has 9 nitrogen and oxygen atoms in total. The van der Waals surface area contributed by atoms with Crippen LogP contribution in [0.25, 0.3) is 0 Å². The molecule has 3 atom stereocenters. The molecule has 3 amide bonds. The number of piperazine rings is 1. The summed E-state index contributed by atoms with van der Waals surface area (Å²) in [6, 6.07) is 6.08. The third-order valence-corrected chi connectivity index (χ3v) is 5.32. The van der Waals surface area contributed by atoms with Crippen molar-refractivity contribution < 1.29 is 24.2 Å². The van der Waals surface area contributed by atoms with Crippen LogP contribution in [0, 0.1) is 0 Å². The predicted octanol–water partition coefficient (Wildman–Crippen LogP) is 0.665. The second-order valence-corrected chi connectivity index (χ2v) is 7.52. The summed E-state index contributed by atoms with van der Waals surface area (Å²) < 4.78 is 11.0. The van der Waals surface area contributed by atoms with Gasteiger partial charge < -0.3 is 35.0 Å². The Kier molecular flexibility index (Phi) is 7.67. The first kappa shape index (κ1) is 22.1. The van der Waals surface area contributed by atoms with Gasteiger partial charge in [0.05, 0.1) is 32.3 Å². The fourth-order valence-electron chi connectivity index (χ4n) is 3.51. The van der Waals surface area contributed by atoms with Crippen molar-refractivity contribution in [2.45, 2.75) is 24.7 Å². The first-order chi connectivity index (χ1) is 14.5. The molecule has 2 aliphatic rings. The fourth-order valence-corrected chi connectivity index (χ4v) is 3.51. The molecule has 30 heavy (non-hydrogen) atoms. The molecular formula is C21H30N4O5. The molecule has 0 radical (unpaired) electrons. The van der Waals surface area contributed by atoms with Crippen LogP contribution in [0.3, 0.4) is 0 Å². The lowest BCUT2D eigenvalue weighted by atomic mass is 10.0. The highest BCUT2D eigenvalue weighted by Crippen LogP contribution is 2.19. The Hall–Kier alpha value is -2.62. The number of hydrogen-bond acceptors (Lipinski definition) is 6. The quantitative estimate of drug-likeness (QED) is 0.587. The van der Waals surface area contributed by atoms with E-state index >= 15 is 0 Å². The van der Waals surface area contributed by atoms with Crippen molar-refractivity contribution in [1.82, 2.24) is 15.1 Å². The van der Waals surface area contributed by atoms with E-state index in [4.69, 9.17) is 9.47 Å². The van der Waals surface area contributed by atoms with E-state index in [1.54, 1.807) is 43.5 Å². The van der Waals surface area contributed by atoms with Gasteiger partial charge in [0, 0.05) is 37.9 Å². The zero-order chi connectivity index (χ0) is 21.5. The van der Waals surface area contributed by atoms with Crippen LogP contribution in [0.1, 0.15) is 6.42 Å². The van der Waals surface area contributed by atoms with Crippen LogP contribution in [-0.2, 0) is 9.53 Å². The summed E-state index contributed by atoms with van der Waals surface area (Å²) in [5, 5.41) is 15.2. The Bertz CT molecular complexity index is 764. The SMILES string of the molecule is COc1cccc(NC(=O)N[C@@H]2C=C[C@@H](CC(=O)N3CCN(C)CC3)O[C@@H]2CO)c1. The Labute approximate surface area is 176 Å². The van der Waals surface area contributed by atoms with Gasteiger partial charge >= 0.3 is 6.03 Å². The number of carbonyl (C=O) groups is 2. The summed E-state index contributed by atoms with van der Waals surface area (Å²) in [4.78, 5) is 28.9. The predicted molar refractivity (Wildman–Crippen MR) is 113 cm³/mol. The zero-order valence-electron chi connectivity index (χ0n) is 17.4. The molecule has 2 heterocycles. The van der Waals surface area contributed by atoms with Gasteiger partial charge in [-0.1, -0.05) is 18.2 Å². The van der Waals surface area contributed by atoms with E-state index in [1.807, 2.05) is 11.9 Å². The standard InChI is InChI=1S/C21H30N4O5/c1-24-8-10-25(11-9-24)20(27)13-17-6-7-18(19(14-26)30-17)23-21(28)22-15-4-3-5-16(12-15)29-2/h3-7,12,17-19,26H,8-11,13-14H2,1-2H3,(H2,22,23,28)/t17-,18+,19+/m0/s1. The summed E-state index contributed by atoms with van der Waals surface area (Å²) in [5.41, 5.74) is 0.587. The maximum atomic E-state index is 12.5. The highest BCUT2D eigenvalue weighted by Gasteiger charge is 2.30. The van der Waals surface area contributed by atoms with Gasteiger partial charge in [-0.3, -0.25) is 4.79 Å². The summed E-state index contributed by atoms with van der Waals surface area (Å²) in [5.74, 6) is 0.673. The molecule has 3 N–H and O–H groups in total. The number of rotatable bonds is 6. The molecular weight excluding hydrogens is 388 g/mol. The van der Waals surface area contributed by atoms with Crippen molar-refractivity contribution in [2.75, 3.05) is 52.3 Å². The van der Waals surface area contributed by atoms with Gasteiger partial charge in [-0.25, -0.2) is 4.79 Å². The number of ether oxygens (including phenoxy) is 2. The number of nitrogens with zero attached hydrogens (tertiary/aromatic N) is 2. The van der Waals surface area contributed by atoms with Crippen LogP contribution in [0.15, 0.2) is 36.4 Å². The lowest BCUT2D eigenvalue weighted by Crippen LogP contribution is -2.51. The highest BCUT2D eigenvalue weighted by molar-refractivity contribution is 5.89. The molecule has 3 rings (SSSR count). The Morgan fingerprint density at radius 1 is 1.23 bits per heavy atom. The van der Waals surface area contributed by atoms with E-state index in [0.29, 0.717) is 24.5 Å². The largest absolute Gasteiger partial charge is 0.497 e. The van der Waals surface area contributed by atoms with E-state index in [9.17, 15) is 14.7 Å². The van der Waals surface area contributed by atoms with Crippen molar-refractivity contribution in [2.24, 2.45) is 0 Å². The van der Waals surface area contributed by atoms with Gasteiger partial charge in [-0.2, -0.15) is 0 Å². The Morgan fingerprint density at radius 2 is 2.00 bits per heavy atom. The highest BCUT2D eigenvalue weighted by atomic mass is 16.5. The Morgan fingerprint density at radius 3 is 2.70 bits per heavy atom. The van der Waals surface area contributed by atoms with Gasteiger partial charge in [0.25, 0.3) is 0 Å². The van der Waals surface area contributed by atoms with Gasteiger partial charge in [-0.15, -0.1) is 0 Å². The van der Waals surface area contributed by atoms with Crippen LogP contribution in [0.2, 0.25) is 0 Å². The van der Waals surface area contributed by atoms with Gasteiger partial charge in [0.2, 0.25) is 5.91 Å². The number of methoxy groups -OCH3 is 1. The zero-order valence-corrected chi connectivity index (χ0v) is 17.4. The smallest absolute Gasteiger partial charge is 0.319 e. The third-order valence-electron chi connectivity index (χ3n) is 5.32. The number of nitrogens with one attached hydrogen (secondary N) is 2. The maximum Gasteiger partial charge on any atom is 0.319 e. The number of amides is 3. The molecule has 1 aromatic rings. The molecule has 1 aromatic carbocycles. The van der Waals surface area contributed by atoms with E-state index in [0.717, 1.165) is 13.1 Å². The van der Waals surface area contributed by atoms with E-state index in [-0.39, 0.29) is 18.9 Å². The van der Waals surface area contributed by atoms with Crippen LogP contribution < -0.4 is 15.4 Å². The lowest BCUT2D eigenvalue weighted by molar-refractivity contribution is -0.137.